The van der Waals surface area contributed by atoms with E-state index in [2.05, 4.69) is 0 Å². The molecule has 0 spiro atoms. The SMILES string of the molecule is O[Si](O)(O)O.[Fe].[LiH].[Mn]. The summed E-state index contributed by atoms with van der Waals surface area (Å²) in [5, 5.41) is 0. The van der Waals surface area contributed by atoms with Gasteiger partial charge in [0.05, 0.1) is 0 Å². The normalized spacial score (nSPS) is 7.50. The van der Waals surface area contributed by atoms with E-state index in [0.717, 1.165) is 0 Å². The zero-order valence-electron chi connectivity index (χ0n) is 3.02. The van der Waals surface area contributed by atoms with E-state index in [4.69, 9.17) is 19.2 Å². The van der Waals surface area contributed by atoms with Gasteiger partial charge in [-0.3, -0.25) is 0 Å². The summed E-state index contributed by atoms with van der Waals surface area (Å²) in [5.74, 6) is 0. The van der Waals surface area contributed by atoms with Crippen molar-refractivity contribution in [1.29, 1.82) is 0 Å². The van der Waals surface area contributed by atoms with E-state index in [9.17, 15) is 0 Å². The molecule has 0 aliphatic rings. The Bertz CT molecular complexity index is 31.5. The maximum atomic E-state index is 7.33. The summed E-state index contributed by atoms with van der Waals surface area (Å²) in [5.41, 5.74) is 0. The fraction of sp³-hybridized carbons (Fsp3) is 0. The Balaban J connectivity index is -0.0000000267. The van der Waals surface area contributed by atoms with Crippen LogP contribution in [0.2, 0.25) is 0 Å². The first-order valence-electron chi connectivity index (χ1n) is 0.894. The third-order valence-electron chi connectivity index (χ3n) is 0. The third kappa shape index (κ3) is 120. The average molecular weight is 215 g/mol. The van der Waals surface area contributed by atoms with Crippen LogP contribution in [0.5, 0.6) is 0 Å². The van der Waals surface area contributed by atoms with Crippen molar-refractivity contribution in [3.8, 4) is 0 Å². The predicted octanol–water partition coefficient (Wildman–Crippen LogP) is -3.26. The molecular weight excluding hydrogens is 210 g/mol. The average Bonchev–Trinajstić information content (AvgIpc) is 0.722. The van der Waals surface area contributed by atoms with Crippen LogP contribution in [0.25, 0.3) is 0 Å². The minimum atomic E-state index is -4.61. The maximum Gasteiger partial charge on any atom is 0 e. The summed E-state index contributed by atoms with van der Waals surface area (Å²) in [6, 6.07) is 0. The molecule has 0 aromatic heterocycles. The fourth-order valence-corrected chi connectivity index (χ4v) is 0. The molecule has 0 saturated carbocycles. The van der Waals surface area contributed by atoms with Crippen molar-refractivity contribution in [2.24, 2.45) is 0 Å². The second-order valence-electron chi connectivity index (χ2n) is 0.600. The summed E-state index contributed by atoms with van der Waals surface area (Å²) < 4.78 is 0. The van der Waals surface area contributed by atoms with Gasteiger partial charge in [0.1, 0.15) is 0 Å². The molecule has 4 N–H and O–H groups in total. The largest absolute Gasteiger partial charge is 0 e. The van der Waals surface area contributed by atoms with Gasteiger partial charge in [-0.2, -0.15) is 0 Å². The summed E-state index contributed by atoms with van der Waals surface area (Å²) in [4.78, 5) is 29.3. The van der Waals surface area contributed by atoms with E-state index in [1.54, 1.807) is 0 Å². The Kier molecular flexibility index (Phi) is 24.6. The van der Waals surface area contributed by atoms with Gasteiger partial charge in [0.15, 0.2) is 0 Å². The minimum Gasteiger partial charge on any atom is 0 e. The molecule has 0 aliphatic heterocycles. The maximum absolute atomic E-state index is 7.33. The molecule has 0 rings (SSSR count). The Morgan fingerprint density at radius 2 is 0.875 bits per heavy atom. The first-order chi connectivity index (χ1) is 2.00. The summed E-state index contributed by atoms with van der Waals surface area (Å²) in [7, 11) is -4.61. The first kappa shape index (κ1) is 22.6. The van der Waals surface area contributed by atoms with Crippen LogP contribution in [0.1, 0.15) is 0 Å². The molecule has 0 saturated heterocycles. The molecule has 49 valence electrons. The van der Waals surface area contributed by atoms with Crippen LogP contribution < -0.4 is 0 Å². The van der Waals surface area contributed by atoms with Crippen LogP contribution >= 0.6 is 0 Å². The zero-order valence-corrected chi connectivity index (χ0v) is 6.30. The van der Waals surface area contributed by atoms with Crippen molar-refractivity contribution >= 4 is 27.9 Å². The van der Waals surface area contributed by atoms with Crippen LogP contribution in [0.3, 0.4) is 0 Å². The van der Waals surface area contributed by atoms with Crippen LogP contribution in [-0.4, -0.2) is 47.1 Å². The molecule has 0 aliphatic carbocycles. The molecule has 4 nitrogen and oxygen atoms in total. The van der Waals surface area contributed by atoms with Gasteiger partial charge < -0.3 is 19.2 Å². The Labute approximate surface area is 80.9 Å². The van der Waals surface area contributed by atoms with Crippen molar-refractivity contribution < 1.29 is 53.3 Å². The van der Waals surface area contributed by atoms with Crippen molar-refractivity contribution in [2.75, 3.05) is 0 Å². The first-order valence-corrected chi connectivity index (χ1v) is 2.68. The van der Waals surface area contributed by atoms with E-state index in [1.807, 2.05) is 0 Å². The van der Waals surface area contributed by atoms with Gasteiger partial charge in [-0.25, -0.2) is 0 Å². The molecule has 0 amide bonds. The molecular formula is H5FeLiMnO4Si. The number of hydrogen-bond acceptors (Lipinski definition) is 4. The van der Waals surface area contributed by atoms with Crippen LogP contribution in [0.4, 0.5) is 0 Å². The molecule has 0 heterocycles. The molecule has 0 fully saturated rings. The molecule has 8 heteroatoms. The van der Waals surface area contributed by atoms with Gasteiger partial charge in [0.25, 0.3) is 0 Å². The van der Waals surface area contributed by atoms with Crippen LogP contribution in [-0.2, 0) is 34.1 Å². The summed E-state index contributed by atoms with van der Waals surface area (Å²) >= 11 is 0. The monoisotopic (exact) mass is 215 g/mol. The van der Waals surface area contributed by atoms with Crippen molar-refractivity contribution in [2.45, 2.75) is 0 Å². The predicted molar refractivity (Wildman–Crippen MR) is 21.8 cm³/mol. The Hall–Kier alpha value is 1.69. The van der Waals surface area contributed by atoms with E-state index in [-0.39, 0.29) is 53.0 Å². The standard InChI is InChI=1S/Fe.Li.Mn.H4O4Si.H/c;;;1-5(2,3)4;/h;;;1-4H;. The van der Waals surface area contributed by atoms with E-state index in [0.29, 0.717) is 0 Å². The van der Waals surface area contributed by atoms with Gasteiger partial charge in [-0.15, -0.1) is 0 Å². The van der Waals surface area contributed by atoms with E-state index >= 15 is 0 Å². The van der Waals surface area contributed by atoms with E-state index < -0.39 is 9.05 Å². The molecule has 0 bridgehead atoms. The molecule has 0 unspecified atom stereocenters. The zero-order chi connectivity index (χ0) is 4.50. The molecule has 8 heavy (non-hydrogen) atoms. The summed E-state index contributed by atoms with van der Waals surface area (Å²) in [6.07, 6.45) is 0. The molecule has 0 aromatic carbocycles. The third-order valence-corrected chi connectivity index (χ3v) is 0. The van der Waals surface area contributed by atoms with Gasteiger partial charge in [0, 0.05) is 34.1 Å². The topological polar surface area (TPSA) is 80.9 Å². The van der Waals surface area contributed by atoms with Crippen molar-refractivity contribution in [3.05, 3.63) is 0 Å². The molecule has 0 aromatic rings. The number of rotatable bonds is 0. The van der Waals surface area contributed by atoms with Gasteiger partial charge in [0.2, 0.25) is 0 Å². The molecule has 1 radical (unpaired) electrons. The molecule has 0 atom stereocenters. The summed E-state index contributed by atoms with van der Waals surface area (Å²) in [6.45, 7) is 0. The smallest absolute Gasteiger partial charge is 0 e. The van der Waals surface area contributed by atoms with Crippen molar-refractivity contribution in [1.82, 2.24) is 0 Å². The quantitative estimate of drug-likeness (QED) is 0.319. The second kappa shape index (κ2) is 8.69. The Morgan fingerprint density at radius 1 is 0.875 bits per heavy atom. The van der Waals surface area contributed by atoms with Gasteiger partial charge >= 0.3 is 27.9 Å². The van der Waals surface area contributed by atoms with Crippen molar-refractivity contribution in [3.63, 3.8) is 0 Å². The fourth-order valence-electron chi connectivity index (χ4n) is 0. The van der Waals surface area contributed by atoms with Crippen LogP contribution in [0, 0.1) is 0 Å². The van der Waals surface area contributed by atoms with E-state index in [1.165, 1.54) is 0 Å². The second-order valence-corrected chi connectivity index (χ2v) is 1.80. The van der Waals surface area contributed by atoms with Crippen LogP contribution in [0.15, 0.2) is 0 Å². The minimum absolute atomic E-state index is 0. The van der Waals surface area contributed by atoms with Gasteiger partial charge in [-0.1, -0.05) is 0 Å². The number of hydrogen-bond donors (Lipinski definition) is 4. The Morgan fingerprint density at radius 3 is 0.875 bits per heavy atom. The van der Waals surface area contributed by atoms with Gasteiger partial charge in [-0.05, 0) is 0 Å².